The predicted octanol–water partition coefficient (Wildman–Crippen LogP) is 0.977. The fourth-order valence-corrected chi connectivity index (χ4v) is 0.439. The van der Waals surface area contributed by atoms with Crippen LogP contribution in [0.15, 0.2) is 12.7 Å². The smallest absolute Gasteiger partial charge is 0.245 e. The first-order chi connectivity index (χ1) is 4.88. The summed E-state index contributed by atoms with van der Waals surface area (Å²) in [6, 6.07) is 0. The molecule has 0 bridgehead atoms. The third kappa shape index (κ3) is 4.48. The largest absolute Gasteiger partial charge is 0.369 e. The average molecular weight is 218 g/mol. The van der Waals surface area contributed by atoms with Crippen LogP contribution in [0.3, 0.4) is 0 Å². The average Bonchev–Trinajstić information content (AvgIpc) is 1.85. The third-order valence-corrected chi connectivity index (χ3v) is 1.39. The molecular formula is C5H6Cl3NO2. The minimum atomic E-state index is -1.92. The molecule has 1 amide bonds. The van der Waals surface area contributed by atoms with Gasteiger partial charge >= 0.3 is 0 Å². The number of alkyl halides is 3. The SMILES string of the molecule is C=CC(=O)N[C@@H](O)C(Cl)(Cl)Cl. The molecule has 0 saturated heterocycles. The molecule has 1 atom stereocenters. The minimum Gasteiger partial charge on any atom is -0.369 e. The number of hydrogen-bond donors (Lipinski definition) is 2. The maximum Gasteiger partial charge on any atom is 0.245 e. The van der Waals surface area contributed by atoms with Crippen molar-refractivity contribution in [2.24, 2.45) is 0 Å². The molecule has 2 N–H and O–H groups in total. The van der Waals surface area contributed by atoms with E-state index < -0.39 is 15.9 Å². The lowest BCUT2D eigenvalue weighted by Gasteiger charge is -2.18. The van der Waals surface area contributed by atoms with Gasteiger partial charge < -0.3 is 10.4 Å². The van der Waals surface area contributed by atoms with Crippen molar-refractivity contribution in [2.45, 2.75) is 10.0 Å². The molecule has 0 aliphatic heterocycles. The first-order valence-corrected chi connectivity index (χ1v) is 3.69. The molecule has 0 aromatic rings. The topological polar surface area (TPSA) is 49.3 Å². The molecular weight excluding hydrogens is 212 g/mol. The molecule has 0 aliphatic carbocycles. The van der Waals surface area contributed by atoms with Crippen LogP contribution in [0, 0.1) is 0 Å². The molecule has 0 saturated carbocycles. The summed E-state index contributed by atoms with van der Waals surface area (Å²) in [4.78, 5) is 10.5. The fourth-order valence-electron chi connectivity index (χ4n) is 0.276. The van der Waals surface area contributed by atoms with E-state index in [1.54, 1.807) is 0 Å². The summed E-state index contributed by atoms with van der Waals surface area (Å²) in [6.45, 7) is 3.14. The summed E-state index contributed by atoms with van der Waals surface area (Å²) in [7, 11) is 0. The van der Waals surface area contributed by atoms with Gasteiger partial charge in [0, 0.05) is 0 Å². The van der Waals surface area contributed by atoms with Crippen molar-refractivity contribution >= 4 is 40.7 Å². The Balaban J connectivity index is 3.97. The number of rotatable bonds is 2. The zero-order valence-electron chi connectivity index (χ0n) is 5.35. The van der Waals surface area contributed by atoms with Crippen LogP contribution in [0.5, 0.6) is 0 Å². The van der Waals surface area contributed by atoms with E-state index in [0.717, 1.165) is 6.08 Å². The van der Waals surface area contributed by atoms with Gasteiger partial charge in [-0.1, -0.05) is 41.4 Å². The number of amides is 1. The lowest BCUT2D eigenvalue weighted by Crippen LogP contribution is -2.42. The molecule has 0 fully saturated rings. The third-order valence-electron chi connectivity index (χ3n) is 0.774. The van der Waals surface area contributed by atoms with E-state index in [0.29, 0.717) is 0 Å². The van der Waals surface area contributed by atoms with Crippen LogP contribution in [-0.2, 0) is 4.79 Å². The second kappa shape index (κ2) is 4.16. The molecule has 64 valence electrons. The van der Waals surface area contributed by atoms with Gasteiger partial charge in [0.1, 0.15) is 0 Å². The summed E-state index contributed by atoms with van der Waals surface area (Å²) in [5.74, 6) is -0.608. The predicted molar refractivity (Wildman–Crippen MR) is 44.6 cm³/mol. The van der Waals surface area contributed by atoms with Gasteiger partial charge in [0.25, 0.3) is 0 Å². The lowest BCUT2D eigenvalue weighted by molar-refractivity contribution is -0.119. The van der Waals surface area contributed by atoms with Crippen molar-refractivity contribution in [1.82, 2.24) is 5.32 Å². The Labute approximate surface area is 78.9 Å². The van der Waals surface area contributed by atoms with Gasteiger partial charge in [-0.25, -0.2) is 0 Å². The van der Waals surface area contributed by atoms with Crippen molar-refractivity contribution in [3.8, 4) is 0 Å². The zero-order valence-corrected chi connectivity index (χ0v) is 7.62. The molecule has 0 aromatic carbocycles. The van der Waals surface area contributed by atoms with Crippen LogP contribution in [0.4, 0.5) is 0 Å². The monoisotopic (exact) mass is 217 g/mol. The van der Waals surface area contributed by atoms with Crippen LogP contribution >= 0.6 is 34.8 Å². The molecule has 3 nitrogen and oxygen atoms in total. The van der Waals surface area contributed by atoms with Crippen molar-refractivity contribution in [3.05, 3.63) is 12.7 Å². The van der Waals surface area contributed by atoms with Gasteiger partial charge in [0.15, 0.2) is 6.23 Å². The van der Waals surface area contributed by atoms with Gasteiger partial charge in [-0.2, -0.15) is 0 Å². The quantitative estimate of drug-likeness (QED) is 0.412. The number of aliphatic hydroxyl groups is 1. The van der Waals surface area contributed by atoms with Crippen molar-refractivity contribution in [1.29, 1.82) is 0 Å². The van der Waals surface area contributed by atoms with Crippen molar-refractivity contribution in [2.75, 3.05) is 0 Å². The Hall–Kier alpha value is 0.0400. The summed E-state index contributed by atoms with van der Waals surface area (Å²) in [5.41, 5.74) is 0. The first-order valence-electron chi connectivity index (χ1n) is 2.55. The summed E-state index contributed by atoms with van der Waals surface area (Å²) >= 11 is 15.6. The molecule has 0 rings (SSSR count). The van der Waals surface area contributed by atoms with E-state index in [9.17, 15) is 4.79 Å². The summed E-state index contributed by atoms with van der Waals surface area (Å²) in [6.07, 6.45) is -0.572. The highest BCUT2D eigenvalue weighted by atomic mass is 35.6. The first kappa shape index (κ1) is 11.0. The van der Waals surface area contributed by atoms with E-state index in [4.69, 9.17) is 39.9 Å². The highest BCUT2D eigenvalue weighted by Crippen LogP contribution is 2.28. The highest BCUT2D eigenvalue weighted by Gasteiger charge is 2.31. The minimum absolute atomic E-state index is 0.608. The van der Waals surface area contributed by atoms with E-state index in [1.165, 1.54) is 0 Å². The molecule has 0 radical (unpaired) electrons. The molecule has 0 aromatic heterocycles. The lowest BCUT2D eigenvalue weighted by atomic mass is 10.5. The maximum absolute atomic E-state index is 10.5. The van der Waals surface area contributed by atoms with Crippen molar-refractivity contribution in [3.63, 3.8) is 0 Å². The standard InChI is InChI=1S/C5H6Cl3NO2/c1-2-3(10)9-4(11)5(6,7)8/h2,4,11H,1H2,(H,9,10)/t4-/m0/s1. The van der Waals surface area contributed by atoms with Gasteiger partial charge in [0.2, 0.25) is 9.70 Å². The number of aliphatic hydroxyl groups excluding tert-OH is 1. The number of hydrogen-bond acceptors (Lipinski definition) is 2. The van der Waals surface area contributed by atoms with Crippen LogP contribution in [0.25, 0.3) is 0 Å². The van der Waals surface area contributed by atoms with E-state index >= 15 is 0 Å². The number of halogens is 3. The van der Waals surface area contributed by atoms with Gasteiger partial charge in [-0.3, -0.25) is 4.79 Å². The van der Waals surface area contributed by atoms with E-state index in [-0.39, 0.29) is 0 Å². The molecule has 6 heteroatoms. The van der Waals surface area contributed by atoms with Crippen LogP contribution < -0.4 is 5.32 Å². The van der Waals surface area contributed by atoms with Crippen LogP contribution in [0.1, 0.15) is 0 Å². The molecule has 0 spiro atoms. The molecule has 0 unspecified atom stereocenters. The van der Waals surface area contributed by atoms with Crippen LogP contribution in [-0.4, -0.2) is 21.0 Å². The van der Waals surface area contributed by atoms with Gasteiger partial charge in [0.05, 0.1) is 0 Å². The second-order valence-electron chi connectivity index (χ2n) is 1.66. The summed E-state index contributed by atoms with van der Waals surface area (Å²) in [5, 5.41) is 10.9. The van der Waals surface area contributed by atoms with Gasteiger partial charge in [-0.05, 0) is 6.08 Å². The molecule has 11 heavy (non-hydrogen) atoms. The Morgan fingerprint density at radius 1 is 1.64 bits per heavy atom. The number of nitrogens with one attached hydrogen (secondary N) is 1. The zero-order chi connectivity index (χ0) is 9.07. The fraction of sp³-hybridized carbons (Fsp3) is 0.400. The Morgan fingerprint density at radius 3 is 2.36 bits per heavy atom. The van der Waals surface area contributed by atoms with E-state index in [2.05, 4.69) is 6.58 Å². The van der Waals surface area contributed by atoms with Crippen LogP contribution in [0.2, 0.25) is 0 Å². The highest BCUT2D eigenvalue weighted by molar-refractivity contribution is 6.68. The Morgan fingerprint density at radius 2 is 2.09 bits per heavy atom. The van der Waals surface area contributed by atoms with Gasteiger partial charge in [-0.15, -0.1) is 0 Å². The number of carbonyl (C=O) groups excluding carboxylic acids is 1. The Kier molecular flexibility index (Phi) is 4.18. The normalized spacial score (nSPS) is 13.8. The Bertz CT molecular complexity index is 166. The van der Waals surface area contributed by atoms with E-state index in [1.807, 2.05) is 5.32 Å². The number of carbonyl (C=O) groups is 1. The summed E-state index contributed by atoms with van der Waals surface area (Å²) < 4.78 is -1.92. The second-order valence-corrected chi connectivity index (χ2v) is 4.03. The molecule has 0 heterocycles. The maximum atomic E-state index is 10.5. The molecule has 0 aliphatic rings. The van der Waals surface area contributed by atoms with Crippen molar-refractivity contribution < 1.29 is 9.90 Å².